The molecule has 166 valence electrons. The molecule has 0 radical (unpaired) electrons. The molecule has 4 N–H and O–H groups in total. The zero-order valence-corrected chi connectivity index (χ0v) is 18.7. The van der Waals surface area contributed by atoms with E-state index in [2.05, 4.69) is 25.3 Å². The number of fused-ring (bicyclic) bond motifs is 1. The molecule has 0 saturated heterocycles. The minimum Gasteiger partial charge on any atom is -0.361 e. The van der Waals surface area contributed by atoms with E-state index in [1.165, 1.54) is 12.1 Å². The van der Waals surface area contributed by atoms with Crippen LogP contribution in [0.2, 0.25) is 0 Å². The highest BCUT2D eigenvalue weighted by Crippen LogP contribution is 2.19. The van der Waals surface area contributed by atoms with Gasteiger partial charge >= 0.3 is 0 Å². The molecule has 0 bridgehead atoms. The lowest BCUT2D eigenvalue weighted by Gasteiger charge is -2.13. The smallest absolute Gasteiger partial charge is 0.240 e. The second-order valence-corrected chi connectivity index (χ2v) is 9.08. The Morgan fingerprint density at radius 3 is 2.61 bits per heavy atom. The van der Waals surface area contributed by atoms with Crippen molar-refractivity contribution in [2.75, 3.05) is 26.7 Å². The van der Waals surface area contributed by atoms with E-state index in [4.69, 9.17) is 0 Å². The highest BCUT2D eigenvalue weighted by molar-refractivity contribution is 7.89. The molecule has 0 aliphatic carbocycles. The van der Waals surface area contributed by atoms with Crippen molar-refractivity contribution in [2.45, 2.75) is 25.2 Å². The predicted molar refractivity (Wildman–Crippen MR) is 122 cm³/mol. The van der Waals surface area contributed by atoms with Gasteiger partial charge in [0, 0.05) is 43.8 Å². The molecule has 0 amide bonds. The van der Waals surface area contributed by atoms with Crippen molar-refractivity contribution in [2.24, 2.45) is 4.99 Å². The Balaban J connectivity index is 1.46. The minimum atomic E-state index is -3.57. The van der Waals surface area contributed by atoms with E-state index < -0.39 is 10.0 Å². The van der Waals surface area contributed by atoms with E-state index in [1.807, 2.05) is 19.2 Å². The molecule has 2 aromatic carbocycles. The average molecular weight is 446 g/mol. The van der Waals surface area contributed by atoms with Crippen molar-refractivity contribution >= 4 is 26.9 Å². The number of rotatable bonds is 8. The summed E-state index contributed by atoms with van der Waals surface area (Å²) in [6.45, 7) is 4.88. The molecule has 7 nitrogen and oxygen atoms in total. The lowest BCUT2D eigenvalue weighted by molar-refractivity contribution is 0.579. The van der Waals surface area contributed by atoms with Crippen LogP contribution in [0.15, 0.2) is 52.5 Å². The van der Waals surface area contributed by atoms with Crippen molar-refractivity contribution in [3.8, 4) is 0 Å². The maximum atomic E-state index is 13.3. The fourth-order valence-electron chi connectivity index (χ4n) is 3.34. The first kappa shape index (κ1) is 22.8. The van der Waals surface area contributed by atoms with Gasteiger partial charge in [-0.25, -0.2) is 17.5 Å². The van der Waals surface area contributed by atoms with Crippen LogP contribution in [0.5, 0.6) is 0 Å². The molecule has 0 aliphatic rings. The van der Waals surface area contributed by atoms with Gasteiger partial charge < -0.3 is 15.6 Å². The van der Waals surface area contributed by atoms with Gasteiger partial charge in [0.25, 0.3) is 0 Å². The number of nitrogens with one attached hydrogen (secondary N) is 4. The number of halogens is 1. The Bertz CT molecular complexity index is 1190. The molecule has 3 aromatic rings. The first-order valence-electron chi connectivity index (χ1n) is 10.1. The van der Waals surface area contributed by atoms with Gasteiger partial charge in [0.05, 0.1) is 4.90 Å². The van der Waals surface area contributed by atoms with Crippen LogP contribution in [0.4, 0.5) is 4.39 Å². The van der Waals surface area contributed by atoms with E-state index in [0.29, 0.717) is 29.5 Å². The zero-order chi connectivity index (χ0) is 22.4. The monoisotopic (exact) mass is 445 g/mol. The highest BCUT2D eigenvalue weighted by Gasteiger charge is 2.16. The summed E-state index contributed by atoms with van der Waals surface area (Å²) in [6.07, 6.45) is 2.61. The van der Waals surface area contributed by atoms with E-state index >= 15 is 0 Å². The van der Waals surface area contributed by atoms with E-state index in [-0.39, 0.29) is 12.4 Å². The molecule has 0 aliphatic heterocycles. The van der Waals surface area contributed by atoms with Crippen LogP contribution in [0, 0.1) is 19.7 Å². The van der Waals surface area contributed by atoms with Gasteiger partial charge in [0.1, 0.15) is 5.82 Å². The molecular formula is C22H28FN5O2S. The molecule has 3 rings (SSSR count). The molecular weight excluding hydrogens is 417 g/mol. The lowest BCUT2D eigenvalue weighted by Crippen LogP contribution is -2.42. The Kier molecular flexibility index (Phi) is 7.29. The van der Waals surface area contributed by atoms with Gasteiger partial charge in [-0.1, -0.05) is 12.1 Å². The van der Waals surface area contributed by atoms with Crippen molar-refractivity contribution in [3.05, 3.63) is 65.1 Å². The molecule has 0 unspecified atom stereocenters. The fraction of sp³-hybridized carbons (Fsp3) is 0.318. The number of benzene rings is 2. The van der Waals surface area contributed by atoms with Crippen molar-refractivity contribution in [1.82, 2.24) is 20.3 Å². The van der Waals surface area contributed by atoms with Crippen molar-refractivity contribution in [3.63, 3.8) is 0 Å². The SMILES string of the molecule is CN=C(NCCNS(=O)(=O)c1cc(C)ccc1C)NCCc1c[nH]c2cc(F)ccc12. The molecule has 0 fully saturated rings. The van der Waals surface area contributed by atoms with Crippen LogP contribution >= 0.6 is 0 Å². The van der Waals surface area contributed by atoms with Gasteiger partial charge in [-0.3, -0.25) is 4.99 Å². The first-order valence-corrected chi connectivity index (χ1v) is 11.6. The molecule has 0 spiro atoms. The number of guanidine groups is 1. The number of H-pyrrole nitrogens is 1. The number of aliphatic imine (C=N–C) groups is 1. The molecule has 0 atom stereocenters. The molecule has 1 heterocycles. The van der Waals surface area contributed by atoms with E-state index in [0.717, 1.165) is 28.5 Å². The van der Waals surface area contributed by atoms with Gasteiger partial charge in [-0.05, 0) is 61.2 Å². The second-order valence-electron chi connectivity index (χ2n) is 7.35. The van der Waals surface area contributed by atoms with Gasteiger partial charge in [0.2, 0.25) is 10.0 Å². The predicted octanol–water partition coefficient (Wildman–Crippen LogP) is 2.61. The van der Waals surface area contributed by atoms with Crippen LogP contribution in [0.1, 0.15) is 16.7 Å². The summed E-state index contributed by atoms with van der Waals surface area (Å²) in [4.78, 5) is 7.54. The number of hydrogen-bond donors (Lipinski definition) is 4. The normalized spacial score (nSPS) is 12.3. The first-order chi connectivity index (χ1) is 14.8. The lowest BCUT2D eigenvalue weighted by atomic mass is 10.1. The van der Waals surface area contributed by atoms with Crippen LogP contribution in [0.25, 0.3) is 10.9 Å². The second kappa shape index (κ2) is 9.93. The summed E-state index contributed by atoms with van der Waals surface area (Å²) in [5.74, 6) is 0.314. The molecule has 31 heavy (non-hydrogen) atoms. The van der Waals surface area contributed by atoms with Crippen LogP contribution in [-0.2, 0) is 16.4 Å². The number of aromatic nitrogens is 1. The Hall–Kier alpha value is -2.91. The summed E-state index contributed by atoms with van der Waals surface area (Å²) in [6, 6.07) is 10.1. The largest absolute Gasteiger partial charge is 0.361 e. The molecule has 1 aromatic heterocycles. The topological polar surface area (TPSA) is 98.4 Å². The Labute approximate surface area is 182 Å². The summed E-state index contributed by atoms with van der Waals surface area (Å²) in [5, 5.41) is 7.29. The molecule has 0 saturated carbocycles. The summed E-state index contributed by atoms with van der Waals surface area (Å²) in [7, 11) is -1.91. The van der Waals surface area contributed by atoms with Gasteiger partial charge in [-0.15, -0.1) is 0 Å². The van der Waals surface area contributed by atoms with E-state index in [9.17, 15) is 12.8 Å². The summed E-state index contributed by atoms with van der Waals surface area (Å²) in [5.41, 5.74) is 3.46. The fourth-order valence-corrected chi connectivity index (χ4v) is 4.70. The molecule has 9 heteroatoms. The number of hydrogen-bond acceptors (Lipinski definition) is 3. The summed E-state index contributed by atoms with van der Waals surface area (Å²) < 4.78 is 41.0. The third-order valence-electron chi connectivity index (χ3n) is 4.98. The Morgan fingerprint density at radius 2 is 1.84 bits per heavy atom. The quantitative estimate of drug-likeness (QED) is 0.243. The average Bonchev–Trinajstić information content (AvgIpc) is 3.13. The van der Waals surface area contributed by atoms with Crippen molar-refractivity contribution in [1.29, 1.82) is 0 Å². The summed E-state index contributed by atoms with van der Waals surface area (Å²) >= 11 is 0. The third-order valence-corrected chi connectivity index (χ3v) is 6.59. The zero-order valence-electron chi connectivity index (χ0n) is 17.9. The highest BCUT2D eigenvalue weighted by atomic mass is 32.2. The van der Waals surface area contributed by atoms with Crippen LogP contribution in [-0.4, -0.2) is 46.0 Å². The number of aromatic amines is 1. The maximum absolute atomic E-state index is 13.3. The number of sulfonamides is 1. The maximum Gasteiger partial charge on any atom is 0.240 e. The number of nitrogens with zero attached hydrogens (tertiary/aromatic N) is 1. The minimum absolute atomic E-state index is 0.227. The van der Waals surface area contributed by atoms with Crippen LogP contribution in [0.3, 0.4) is 0 Å². The van der Waals surface area contributed by atoms with Gasteiger partial charge in [0.15, 0.2) is 5.96 Å². The standard InChI is InChI=1S/C22H28FN5O2S/c1-15-4-5-16(2)21(12-15)31(29,30)28-11-10-26-22(24-3)25-9-8-17-14-27-20-13-18(23)6-7-19(17)20/h4-7,12-14,27-28H,8-11H2,1-3H3,(H2,24,25,26). The van der Waals surface area contributed by atoms with Crippen molar-refractivity contribution < 1.29 is 12.8 Å². The van der Waals surface area contributed by atoms with E-state index in [1.54, 1.807) is 32.2 Å². The third kappa shape index (κ3) is 5.83. The van der Waals surface area contributed by atoms with Crippen LogP contribution < -0.4 is 15.4 Å². The number of aryl methyl sites for hydroxylation is 2. The Morgan fingerprint density at radius 1 is 1.06 bits per heavy atom. The van der Waals surface area contributed by atoms with Gasteiger partial charge in [-0.2, -0.15) is 0 Å².